The van der Waals surface area contributed by atoms with Crippen LogP contribution in [-0.2, 0) is 4.79 Å². The van der Waals surface area contributed by atoms with Crippen LogP contribution in [0.15, 0.2) is 18.2 Å². The standard InChI is InChI=1S/C15H25N3O/c1-11-7-8-12(9-13(11)18(5)6)17-14(19)10-16-15(2,3)4/h7-9,16H,10H2,1-6H3,(H,17,19). The van der Waals surface area contributed by atoms with E-state index in [0.29, 0.717) is 6.54 Å². The lowest BCUT2D eigenvalue weighted by atomic mass is 10.1. The van der Waals surface area contributed by atoms with Gasteiger partial charge in [-0.25, -0.2) is 0 Å². The Bertz CT molecular complexity index is 447. The molecule has 0 saturated heterocycles. The molecule has 0 heterocycles. The number of rotatable bonds is 4. The summed E-state index contributed by atoms with van der Waals surface area (Å²) in [5.41, 5.74) is 3.08. The molecule has 0 aromatic heterocycles. The topological polar surface area (TPSA) is 44.4 Å². The number of anilines is 2. The molecule has 106 valence electrons. The van der Waals surface area contributed by atoms with Crippen LogP contribution in [0.25, 0.3) is 0 Å². The SMILES string of the molecule is Cc1ccc(NC(=O)CNC(C)(C)C)cc1N(C)C. The highest BCUT2D eigenvalue weighted by molar-refractivity contribution is 5.92. The Hall–Kier alpha value is -1.55. The van der Waals surface area contributed by atoms with Crippen molar-refractivity contribution in [3.8, 4) is 0 Å². The summed E-state index contributed by atoms with van der Waals surface area (Å²) >= 11 is 0. The molecule has 1 rings (SSSR count). The van der Waals surface area contributed by atoms with E-state index >= 15 is 0 Å². The van der Waals surface area contributed by atoms with E-state index in [0.717, 1.165) is 11.4 Å². The third-order valence-electron chi connectivity index (χ3n) is 2.75. The molecule has 4 heteroatoms. The fourth-order valence-corrected chi connectivity index (χ4v) is 1.72. The lowest BCUT2D eigenvalue weighted by Crippen LogP contribution is -2.41. The fraction of sp³-hybridized carbons (Fsp3) is 0.533. The van der Waals surface area contributed by atoms with Gasteiger partial charge in [-0.3, -0.25) is 4.79 Å². The second-order valence-electron chi connectivity index (χ2n) is 6.05. The van der Waals surface area contributed by atoms with Crippen LogP contribution in [0.1, 0.15) is 26.3 Å². The summed E-state index contributed by atoms with van der Waals surface area (Å²) in [5, 5.41) is 6.08. The van der Waals surface area contributed by atoms with E-state index in [1.807, 2.05) is 58.0 Å². The van der Waals surface area contributed by atoms with E-state index in [1.165, 1.54) is 5.56 Å². The number of nitrogens with one attached hydrogen (secondary N) is 2. The van der Waals surface area contributed by atoms with E-state index < -0.39 is 0 Å². The van der Waals surface area contributed by atoms with Crippen molar-refractivity contribution >= 4 is 17.3 Å². The Balaban J connectivity index is 2.67. The van der Waals surface area contributed by atoms with Crippen molar-refractivity contribution in [2.75, 3.05) is 30.9 Å². The fourth-order valence-electron chi connectivity index (χ4n) is 1.72. The zero-order valence-electron chi connectivity index (χ0n) is 12.8. The van der Waals surface area contributed by atoms with Crippen LogP contribution < -0.4 is 15.5 Å². The van der Waals surface area contributed by atoms with Crippen LogP contribution in [0, 0.1) is 6.92 Å². The summed E-state index contributed by atoms with van der Waals surface area (Å²) in [6, 6.07) is 5.93. The maximum absolute atomic E-state index is 11.8. The highest BCUT2D eigenvalue weighted by Crippen LogP contribution is 2.22. The van der Waals surface area contributed by atoms with Crippen LogP contribution >= 0.6 is 0 Å². The van der Waals surface area contributed by atoms with Crippen molar-refractivity contribution in [2.24, 2.45) is 0 Å². The first-order valence-corrected chi connectivity index (χ1v) is 6.52. The van der Waals surface area contributed by atoms with Gasteiger partial charge in [-0.05, 0) is 45.4 Å². The quantitative estimate of drug-likeness (QED) is 0.876. The predicted octanol–water partition coefficient (Wildman–Crippen LogP) is 2.39. The van der Waals surface area contributed by atoms with E-state index in [4.69, 9.17) is 0 Å². The molecule has 2 N–H and O–H groups in total. The largest absolute Gasteiger partial charge is 0.377 e. The molecule has 0 radical (unpaired) electrons. The van der Waals surface area contributed by atoms with Crippen molar-refractivity contribution in [1.29, 1.82) is 0 Å². The molecule has 0 unspecified atom stereocenters. The van der Waals surface area contributed by atoms with E-state index in [1.54, 1.807) is 0 Å². The van der Waals surface area contributed by atoms with Crippen molar-refractivity contribution in [3.05, 3.63) is 23.8 Å². The molecule has 1 amide bonds. The van der Waals surface area contributed by atoms with E-state index in [9.17, 15) is 4.79 Å². The number of carbonyl (C=O) groups is 1. The number of benzene rings is 1. The van der Waals surface area contributed by atoms with Crippen molar-refractivity contribution < 1.29 is 4.79 Å². The van der Waals surface area contributed by atoms with Crippen molar-refractivity contribution in [1.82, 2.24) is 5.32 Å². The summed E-state index contributed by atoms with van der Waals surface area (Å²) in [6.45, 7) is 8.49. The molecule has 0 fully saturated rings. The van der Waals surface area contributed by atoms with Gasteiger partial charge in [0.1, 0.15) is 0 Å². The summed E-state index contributed by atoms with van der Waals surface area (Å²) in [5.74, 6) is -0.0246. The predicted molar refractivity (Wildman–Crippen MR) is 81.9 cm³/mol. The Morgan fingerprint density at radius 1 is 1.26 bits per heavy atom. The molecule has 4 nitrogen and oxygen atoms in total. The minimum Gasteiger partial charge on any atom is -0.377 e. The van der Waals surface area contributed by atoms with Gasteiger partial charge in [0.25, 0.3) is 0 Å². The van der Waals surface area contributed by atoms with Gasteiger partial charge in [0.05, 0.1) is 6.54 Å². The molecule has 0 atom stereocenters. The molecule has 1 aromatic carbocycles. The minimum absolute atomic E-state index is 0.0246. The average molecular weight is 263 g/mol. The number of hydrogen-bond donors (Lipinski definition) is 2. The summed E-state index contributed by atoms with van der Waals surface area (Å²) in [4.78, 5) is 13.9. The van der Waals surface area contributed by atoms with E-state index in [2.05, 4.69) is 17.6 Å². The Kier molecular flexibility index (Phi) is 4.95. The van der Waals surface area contributed by atoms with Gasteiger partial charge >= 0.3 is 0 Å². The maximum atomic E-state index is 11.8. The lowest BCUT2D eigenvalue weighted by molar-refractivity contribution is -0.115. The van der Waals surface area contributed by atoms with Gasteiger partial charge in [-0.15, -0.1) is 0 Å². The van der Waals surface area contributed by atoms with E-state index in [-0.39, 0.29) is 11.4 Å². The van der Waals surface area contributed by atoms with Crippen molar-refractivity contribution in [3.63, 3.8) is 0 Å². The molecule has 0 aliphatic heterocycles. The molecule has 1 aromatic rings. The second kappa shape index (κ2) is 6.06. The molecule has 19 heavy (non-hydrogen) atoms. The number of carbonyl (C=O) groups excluding carboxylic acids is 1. The minimum atomic E-state index is -0.0561. The molecule has 0 bridgehead atoms. The lowest BCUT2D eigenvalue weighted by Gasteiger charge is -2.20. The van der Waals surface area contributed by atoms with Crippen molar-refractivity contribution in [2.45, 2.75) is 33.2 Å². The summed E-state index contributed by atoms with van der Waals surface area (Å²) in [7, 11) is 3.99. The Morgan fingerprint density at radius 2 is 1.89 bits per heavy atom. The Labute approximate surface area is 116 Å². The third kappa shape index (κ3) is 5.30. The highest BCUT2D eigenvalue weighted by Gasteiger charge is 2.11. The molecular formula is C15H25N3O. The van der Waals surface area contributed by atoms with Crippen LogP contribution in [0.2, 0.25) is 0 Å². The summed E-state index contributed by atoms with van der Waals surface area (Å²) in [6.07, 6.45) is 0. The number of hydrogen-bond acceptors (Lipinski definition) is 3. The third-order valence-corrected chi connectivity index (χ3v) is 2.75. The maximum Gasteiger partial charge on any atom is 0.238 e. The highest BCUT2D eigenvalue weighted by atomic mass is 16.1. The first kappa shape index (κ1) is 15.5. The van der Waals surface area contributed by atoms with Gasteiger partial charge in [-0.1, -0.05) is 6.07 Å². The average Bonchev–Trinajstić information content (AvgIpc) is 2.28. The molecule has 0 saturated carbocycles. The zero-order chi connectivity index (χ0) is 14.6. The molecule has 0 aliphatic rings. The van der Waals surface area contributed by atoms with Gasteiger partial charge < -0.3 is 15.5 Å². The molecule has 0 spiro atoms. The monoisotopic (exact) mass is 263 g/mol. The van der Waals surface area contributed by atoms with Gasteiger partial charge in [0.2, 0.25) is 5.91 Å². The summed E-state index contributed by atoms with van der Waals surface area (Å²) < 4.78 is 0. The number of aryl methyl sites for hydroxylation is 1. The first-order valence-electron chi connectivity index (χ1n) is 6.52. The van der Waals surface area contributed by atoms with Gasteiger partial charge in [-0.2, -0.15) is 0 Å². The smallest absolute Gasteiger partial charge is 0.238 e. The second-order valence-corrected chi connectivity index (χ2v) is 6.05. The van der Waals surface area contributed by atoms with Crippen LogP contribution in [0.4, 0.5) is 11.4 Å². The van der Waals surface area contributed by atoms with Crippen LogP contribution in [-0.4, -0.2) is 32.1 Å². The van der Waals surface area contributed by atoms with Gasteiger partial charge in [0.15, 0.2) is 0 Å². The van der Waals surface area contributed by atoms with Gasteiger partial charge in [0, 0.05) is 31.0 Å². The van der Waals surface area contributed by atoms with Crippen LogP contribution in [0.5, 0.6) is 0 Å². The Morgan fingerprint density at radius 3 is 2.42 bits per heavy atom. The molecular weight excluding hydrogens is 238 g/mol. The first-order chi connectivity index (χ1) is 8.69. The normalized spacial score (nSPS) is 11.3. The molecule has 0 aliphatic carbocycles. The number of amides is 1. The zero-order valence-corrected chi connectivity index (χ0v) is 12.8. The number of nitrogens with zero attached hydrogens (tertiary/aromatic N) is 1. The van der Waals surface area contributed by atoms with Crippen LogP contribution in [0.3, 0.4) is 0 Å².